The van der Waals surface area contributed by atoms with Crippen LogP contribution in [0, 0.1) is 24.0 Å². The maximum atomic E-state index is 12.5. The summed E-state index contributed by atoms with van der Waals surface area (Å²) in [6, 6.07) is 19.8. The molecule has 0 radical (unpaired) electrons. The number of nitro groups is 1. The molecular weight excluding hydrogens is 539 g/mol. The molecular formula is C29H30Cl2N4O4. The van der Waals surface area contributed by atoms with Crippen LogP contribution >= 0.6 is 23.2 Å². The van der Waals surface area contributed by atoms with Crippen LogP contribution < -0.4 is 5.32 Å². The van der Waals surface area contributed by atoms with Crippen molar-refractivity contribution >= 4 is 40.5 Å². The Kier molecular flexibility index (Phi) is 9.45. The topological polar surface area (TPSA) is 88.0 Å². The largest absolute Gasteiger partial charge is 0.365 e. The molecule has 0 aromatic heterocycles. The Balaban J connectivity index is 1.36. The van der Waals surface area contributed by atoms with Crippen molar-refractivity contribution in [2.24, 2.45) is 0 Å². The van der Waals surface area contributed by atoms with Crippen LogP contribution in [0.15, 0.2) is 79.1 Å². The monoisotopic (exact) mass is 568 g/mol. The Morgan fingerprint density at radius 3 is 2.54 bits per heavy atom. The molecule has 204 valence electrons. The number of nitro benzene ring substituents is 1. The number of ether oxygens (including phenoxy) is 1. The minimum absolute atomic E-state index is 0.142. The number of benzene rings is 3. The Morgan fingerprint density at radius 1 is 1.08 bits per heavy atom. The van der Waals surface area contributed by atoms with Crippen LogP contribution in [0.4, 0.5) is 11.4 Å². The molecule has 2 atom stereocenters. The van der Waals surface area contributed by atoms with Gasteiger partial charge in [0.15, 0.2) is 0 Å². The summed E-state index contributed by atoms with van der Waals surface area (Å²) in [7, 11) is 0. The van der Waals surface area contributed by atoms with Crippen molar-refractivity contribution in [1.82, 2.24) is 9.80 Å². The molecule has 0 spiro atoms. The van der Waals surface area contributed by atoms with E-state index >= 15 is 0 Å². The van der Waals surface area contributed by atoms with Crippen molar-refractivity contribution < 1.29 is 14.5 Å². The lowest BCUT2D eigenvalue weighted by Gasteiger charge is -2.31. The number of aryl methyl sites for hydroxylation is 2. The fourth-order valence-electron chi connectivity index (χ4n) is 4.23. The Bertz CT molecular complexity index is 1350. The third kappa shape index (κ3) is 7.50. The van der Waals surface area contributed by atoms with Crippen molar-refractivity contribution in [3.8, 4) is 0 Å². The van der Waals surface area contributed by atoms with E-state index in [1.165, 1.54) is 23.3 Å². The number of nitrogens with zero attached hydrogens (tertiary/aromatic N) is 3. The van der Waals surface area contributed by atoms with Gasteiger partial charge < -0.3 is 19.9 Å². The van der Waals surface area contributed by atoms with Gasteiger partial charge in [-0.2, -0.15) is 0 Å². The van der Waals surface area contributed by atoms with Crippen molar-refractivity contribution in [2.75, 3.05) is 18.5 Å². The average molecular weight is 569 g/mol. The van der Waals surface area contributed by atoms with Crippen molar-refractivity contribution in [2.45, 2.75) is 38.5 Å². The van der Waals surface area contributed by atoms with Crippen LogP contribution in [0.3, 0.4) is 0 Å². The summed E-state index contributed by atoms with van der Waals surface area (Å²) >= 11 is 13.1. The van der Waals surface area contributed by atoms with E-state index in [-0.39, 0.29) is 23.7 Å². The number of rotatable bonds is 11. The second-order valence-electron chi connectivity index (χ2n) is 9.41. The highest BCUT2D eigenvalue weighted by Gasteiger charge is 2.29. The minimum Gasteiger partial charge on any atom is -0.365 e. The number of alkyl halides is 1. The molecule has 1 aliphatic heterocycles. The molecule has 8 nitrogen and oxygen atoms in total. The smallest absolute Gasteiger partial charge is 0.292 e. The molecule has 39 heavy (non-hydrogen) atoms. The molecule has 1 aliphatic rings. The van der Waals surface area contributed by atoms with E-state index in [1.807, 2.05) is 46.5 Å². The number of anilines is 1. The average Bonchev–Trinajstić information content (AvgIpc) is 3.40. The summed E-state index contributed by atoms with van der Waals surface area (Å²) in [5, 5.41) is 14.5. The number of halogens is 2. The molecule has 3 aromatic carbocycles. The van der Waals surface area contributed by atoms with E-state index < -0.39 is 16.5 Å². The number of nitrogens with one attached hydrogen (secondary N) is 1. The summed E-state index contributed by atoms with van der Waals surface area (Å²) in [5.74, 6) is -0.311. The van der Waals surface area contributed by atoms with E-state index in [2.05, 4.69) is 37.4 Å². The number of carbonyl (C=O) groups is 1. The molecule has 0 saturated heterocycles. The van der Waals surface area contributed by atoms with Crippen LogP contribution in [0.5, 0.6) is 0 Å². The van der Waals surface area contributed by atoms with Crippen LogP contribution in [0.1, 0.15) is 34.8 Å². The normalized spacial score (nSPS) is 14.4. The molecule has 1 heterocycles. The molecule has 3 aromatic rings. The van der Waals surface area contributed by atoms with Gasteiger partial charge in [-0.15, -0.1) is 0 Å². The van der Waals surface area contributed by atoms with E-state index in [4.69, 9.17) is 27.9 Å². The molecule has 0 fully saturated rings. The van der Waals surface area contributed by atoms with Gasteiger partial charge in [-0.3, -0.25) is 14.9 Å². The number of carbonyl (C=O) groups excluding carboxylic acids is 1. The lowest BCUT2D eigenvalue weighted by atomic mass is 10.1. The zero-order chi connectivity index (χ0) is 27.9. The number of hydrogen-bond donors (Lipinski definition) is 1. The third-order valence-corrected chi connectivity index (χ3v) is 7.31. The first kappa shape index (κ1) is 28.4. The fourth-order valence-corrected chi connectivity index (χ4v) is 4.70. The molecule has 0 saturated carbocycles. The van der Waals surface area contributed by atoms with Crippen molar-refractivity contribution in [3.05, 3.63) is 117 Å². The van der Waals surface area contributed by atoms with Crippen LogP contribution in [0.2, 0.25) is 5.02 Å². The molecule has 2 unspecified atom stereocenters. The van der Waals surface area contributed by atoms with Gasteiger partial charge in [0.05, 0.1) is 18.2 Å². The molecule has 4 rings (SSSR count). The zero-order valence-electron chi connectivity index (χ0n) is 21.7. The molecule has 10 heteroatoms. The standard InChI is InChI=1S/C29H30Cl2N4O4/c1-20-7-8-22(17-21(20)2)18-39-28(23-9-11-24(30)12-10-23)29(31)34-16-15-33(19-34)14-13-27(36)32-25-5-3-4-6-26(25)35(37)38/h3-12,15-17,28-29H,13-14,18-19H2,1-2H3,(H,32,36). The van der Waals surface area contributed by atoms with Gasteiger partial charge in [0.25, 0.3) is 5.69 Å². The summed E-state index contributed by atoms with van der Waals surface area (Å²) in [4.78, 5) is 27.1. The Morgan fingerprint density at radius 2 is 1.82 bits per heavy atom. The zero-order valence-corrected chi connectivity index (χ0v) is 23.2. The van der Waals surface area contributed by atoms with E-state index in [0.717, 1.165) is 11.1 Å². The summed E-state index contributed by atoms with van der Waals surface area (Å²) in [6.45, 7) is 5.42. The van der Waals surface area contributed by atoms with Gasteiger partial charge >= 0.3 is 0 Å². The van der Waals surface area contributed by atoms with Gasteiger partial charge in [0.1, 0.15) is 17.3 Å². The maximum Gasteiger partial charge on any atom is 0.292 e. The van der Waals surface area contributed by atoms with Gasteiger partial charge in [-0.05, 0) is 54.3 Å². The van der Waals surface area contributed by atoms with Gasteiger partial charge in [-0.25, -0.2) is 0 Å². The first-order valence-corrected chi connectivity index (χ1v) is 13.3. The summed E-state index contributed by atoms with van der Waals surface area (Å²) < 4.78 is 6.37. The number of hydrogen-bond acceptors (Lipinski definition) is 6. The van der Waals surface area contributed by atoms with E-state index in [9.17, 15) is 14.9 Å². The Labute approximate surface area is 237 Å². The highest BCUT2D eigenvalue weighted by molar-refractivity contribution is 6.30. The van der Waals surface area contributed by atoms with Gasteiger partial charge in [-0.1, -0.05) is 65.7 Å². The number of amides is 1. The van der Waals surface area contributed by atoms with Gasteiger partial charge in [0, 0.05) is 36.5 Å². The minimum atomic E-state index is -0.528. The summed E-state index contributed by atoms with van der Waals surface area (Å²) in [5.41, 5.74) is 3.89. The first-order valence-electron chi connectivity index (χ1n) is 12.5. The van der Waals surface area contributed by atoms with E-state index in [0.29, 0.717) is 24.8 Å². The van der Waals surface area contributed by atoms with Crippen LogP contribution in [0.25, 0.3) is 0 Å². The lowest BCUT2D eigenvalue weighted by Crippen LogP contribution is -2.36. The van der Waals surface area contributed by atoms with E-state index in [1.54, 1.807) is 12.1 Å². The second kappa shape index (κ2) is 13.0. The maximum absolute atomic E-state index is 12.5. The van der Waals surface area contributed by atoms with Gasteiger partial charge in [0.2, 0.25) is 5.91 Å². The summed E-state index contributed by atoms with van der Waals surface area (Å²) in [6.07, 6.45) is 3.45. The molecule has 1 amide bonds. The highest BCUT2D eigenvalue weighted by Crippen LogP contribution is 2.32. The third-order valence-electron chi connectivity index (χ3n) is 6.58. The molecule has 0 aliphatic carbocycles. The fraction of sp³-hybridized carbons (Fsp3) is 0.276. The second-order valence-corrected chi connectivity index (χ2v) is 10.3. The highest BCUT2D eigenvalue weighted by atomic mass is 35.5. The Hall–Kier alpha value is -3.59. The first-order chi connectivity index (χ1) is 18.7. The predicted octanol–water partition coefficient (Wildman–Crippen LogP) is 6.76. The molecule has 0 bridgehead atoms. The number of para-hydroxylation sites is 2. The lowest BCUT2D eigenvalue weighted by molar-refractivity contribution is -0.383. The predicted molar refractivity (Wildman–Crippen MR) is 153 cm³/mol. The quantitative estimate of drug-likeness (QED) is 0.119. The molecule has 1 N–H and O–H groups in total. The SMILES string of the molecule is Cc1ccc(COC(c2ccc(Cl)cc2)C(Cl)N2C=CN(CCC(=O)Nc3ccccc3[N+](=O)[O-])C2)cc1C. The van der Waals surface area contributed by atoms with Crippen LogP contribution in [-0.4, -0.2) is 39.3 Å². The van der Waals surface area contributed by atoms with Crippen LogP contribution in [-0.2, 0) is 16.1 Å². The van der Waals surface area contributed by atoms with Crippen molar-refractivity contribution in [1.29, 1.82) is 0 Å². The van der Waals surface area contributed by atoms with Crippen molar-refractivity contribution in [3.63, 3.8) is 0 Å².